The van der Waals surface area contributed by atoms with Crippen LogP contribution in [-0.4, -0.2) is 36.0 Å². The highest BCUT2D eigenvalue weighted by atomic mass is 32.2. The number of aromatic nitrogens is 3. The van der Waals surface area contributed by atoms with E-state index in [0.29, 0.717) is 22.3 Å². The van der Waals surface area contributed by atoms with Crippen molar-refractivity contribution in [2.24, 2.45) is 0 Å². The minimum absolute atomic E-state index is 0.134. The Bertz CT molecular complexity index is 883. The summed E-state index contributed by atoms with van der Waals surface area (Å²) in [7, 11) is 3.12. The van der Waals surface area contributed by atoms with Gasteiger partial charge in [-0.15, -0.1) is 4.68 Å². The van der Waals surface area contributed by atoms with E-state index < -0.39 is 0 Å². The van der Waals surface area contributed by atoms with Gasteiger partial charge in [0.05, 0.1) is 20.0 Å². The number of aromatic amines is 1. The van der Waals surface area contributed by atoms with Crippen LogP contribution in [0.2, 0.25) is 0 Å². The van der Waals surface area contributed by atoms with Crippen molar-refractivity contribution in [3.8, 4) is 17.2 Å². The maximum atomic E-state index is 12.3. The second kappa shape index (κ2) is 8.39. The molecule has 0 radical (unpaired) electrons. The van der Waals surface area contributed by atoms with Crippen LogP contribution in [0.3, 0.4) is 0 Å². The fourth-order valence-electron chi connectivity index (χ4n) is 2.36. The van der Waals surface area contributed by atoms with Crippen LogP contribution in [-0.2, 0) is 4.79 Å². The number of nitrogens with one attached hydrogen (secondary N) is 2. The Kier molecular flexibility index (Phi) is 5.75. The molecule has 0 aliphatic carbocycles. The number of hydrogen-bond donors (Lipinski definition) is 2. The minimum atomic E-state index is -0.134. The molecule has 3 aromatic rings. The van der Waals surface area contributed by atoms with Crippen molar-refractivity contribution >= 4 is 23.4 Å². The van der Waals surface area contributed by atoms with E-state index in [1.807, 2.05) is 35.0 Å². The fourth-order valence-corrected chi connectivity index (χ4v) is 3.11. The van der Waals surface area contributed by atoms with Gasteiger partial charge in [-0.05, 0) is 41.0 Å². The quantitative estimate of drug-likeness (QED) is 0.493. The zero-order valence-corrected chi connectivity index (χ0v) is 15.2. The highest BCUT2D eigenvalue weighted by Crippen LogP contribution is 2.29. The third-order valence-corrected chi connectivity index (χ3v) is 4.52. The average Bonchev–Trinajstić information content (AvgIpc) is 3.15. The van der Waals surface area contributed by atoms with Crippen molar-refractivity contribution < 1.29 is 19.0 Å². The smallest absolute Gasteiger partial charge is 0.385 e. The lowest BCUT2D eigenvalue weighted by molar-refractivity contribution is -0.694. The second-order valence-corrected chi connectivity index (χ2v) is 6.19. The number of amides is 1. The topological polar surface area (TPSA) is 80.1 Å². The first-order valence-electron chi connectivity index (χ1n) is 7.87. The summed E-state index contributed by atoms with van der Waals surface area (Å²) in [6, 6.07) is 15.0. The predicted octanol–water partition coefficient (Wildman–Crippen LogP) is 2.43. The monoisotopic (exact) mass is 371 g/mol. The summed E-state index contributed by atoms with van der Waals surface area (Å²) in [6.45, 7) is 0. The van der Waals surface area contributed by atoms with E-state index in [0.717, 1.165) is 5.69 Å². The Labute approximate surface area is 155 Å². The molecule has 0 bridgehead atoms. The Balaban J connectivity index is 1.63. The van der Waals surface area contributed by atoms with E-state index in [1.165, 1.54) is 11.8 Å². The van der Waals surface area contributed by atoms with Gasteiger partial charge in [0.2, 0.25) is 12.2 Å². The molecular weight excluding hydrogens is 352 g/mol. The Morgan fingerprint density at radius 3 is 2.65 bits per heavy atom. The van der Waals surface area contributed by atoms with E-state index in [-0.39, 0.29) is 11.7 Å². The summed E-state index contributed by atoms with van der Waals surface area (Å²) in [5.74, 6) is 1.27. The van der Waals surface area contributed by atoms with Crippen LogP contribution >= 0.6 is 11.8 Å². The van der Waals surface area contributed by atoms with E-state index in [9.17, 15) is 4.79 Å². The molecule has 0 aliphatic heterocycles. The number of H-pyrrole nitrogens is 1. The molecule has 1 heterocycles. The van der Waals surface area contributed by atoms with Crippen molar-refractivity contribution in [3.63, 3.8) is 0 Å². The Morgan fingerprint density at radius 2 is 1.92 bits per heavy atom. The van der Waals surface area contributed by atoms with Crippen LogP contribution in [0.5, 0.6) is 11.5 Å². The summed E-state index contributed by atoms with van der Waals surface area (Å²) < 4.78 is 12.3. The Hall–Kier alpha value is -3.00. The number of para-hydroxylation sites is 1. The SMILES string of the molecule is COc1ccc(NC(=O)CSc2nc[nH][n+]2-c2ccccc2)cc1OC. The molecule has 2 N–H and O–H groups in total. The molecule has 0 saturated heterocycles. The van der Waals surface area contributed by atoms with E-state index in [1.54, 1.807) is 38.7 Å². The first-order chi connectivity index (χ1) is 12.7. The van der Waals surface area contributed by atoms with Gasteiger partial charge < -0.3 is 14.8 Å². The molecule has 26 heavy (non-hydrogen) atoms. The van der Waals surface area contributed by atoms with E-state index in [2.05, 4.69) is 15.4 Å². The van der Waals surface area contributed by atoms with Crippen molar-refractivity contribution in [3.05, 3.63) is 54.9 Å². The van der Waals surface area contributed by atoms with Gasteiger partial charge in [0.1, 0.15) is 0 Å². The summed E-state index contributed by atoms with van der Waals surface area (Å²) in [6.07, 6.45) is 1.60. The first kappa shape index (κ1) is 17.8. The summed E-state index contributed by atoms with van der Waals surface area (Å²) in [5, 5.41) is 6.60. The number of nitrogens with zero attached hydrogens (tertiary/aromatic N) is 2. The third kappa shape index (κ3) is 4.15. The number of thioether (sulfide) groups is 1. The van der Waals surface area contributed by atoms with Crippen molar-refractivity contribution in [2.45, 2.75) is 5.16 Å². The van der Waals surface area contributed by atoms with Crippen molar-refractivity contribution in [2.75, 3.05) is 25.3 Å². The highest BCUT2D eigenvalue weighted by molar-refractivity contribution is 7.99. The minimum Gasteiger partial charge on any atom is -0.493 e. The molecule has 1 aromatic heterocycles. The number of hydrogen-bond acceptors (Lipinski definition) is 5. The van der Waals surface area contributed by atoms with E-state index in [4.69, 9.17) is 9.47 Å². The molecule has 0 spiro atoms. The molecule has 0 fully saturated rings. The van der Waals surface area contributed by atoms with Gasteiger partial charge in [0, 0.05) is 11.8 Å². The van der Waals surface area contributed by atoms with Crippen LogP contribution in [0.25, 0.3) is 5.69 Å². The number of methoxy groups -OCH3 is 2. The van der Waals surface area contributed by atoms with Gasteiger partial charge in [-0.2, -0.15) is 5.10 Å². The molecule has 0 atom stereocenters. The maximum absolute atomic E-state index is 12.3. The third-order valence-electron chi connectivity index (χ3n) is 3.57. The predicted molar refractivity (Wildman–Crippen MR) is 99.0 cm³/mol. The molecule has 0 unspecified atom stereocenters. The molecule has 8 heteroatoms. The van der Waals surface area contributed by atoms with Gasteiger partial charge in [0.25, 0.3) is 0 Å². The normalized spacial score (nSPS) is 10.4. The molecule has 0 aliphatic rings. The van der Waals surface area contributed by atoms with E-state index >= 15 is 0 Å². The standard InChI is InChI=1S/C18H18N4O3S/c1-24-15-9-8-13(10-16(15)25-2)21-17(23)11-26-18-19-12-20-22(18)14-6-4-3-5-7-14/h3-10,12H,11H2,1-2H3,(H,21,23)/p+1. The van der Waals surface area contributed by atoms with Gasteiger partial charge in [-0.25, -0.2) is 0 Å². The first-order valence-corrected chi connectivity index (χ1v) is 8.85. The molecule has 0 saturated carbocycles. The molecule has 3 rings (SSSR count). The molecular formula is C18H19N4O3S+. The van der Waals surface area contributed by atoms with Gasteiger partial charge in [-0.3, -0.25) is 4.79 Å². The maximum Gasteiger partial charge on any atom is 0.385 e. The van der Waals surface area contributed by atoms with Crippen LogP contribution in [0.15, 0.2) is 60.0 Å². The Morgan fingerprint density at radius 1 is 1.15 bits per heavy atom. The molecule has 1 amide bonds. The van der Waals surface area contributed by atoms with Crippen LogP contribution < -0.4 is 19.5 Å². The number of anilines is 1. The average molecular weight is 371 g/mol. The van der Waals surface area contributed by atoms with Crippen LogP contribution in [0.4, 0.5) is 5.69 Å². The largest absolute Gasteiger partial charge is 0.493 e. The molecule has 2 aromatic carbocycles. The summed E-state index contributed by atoms with van der Waals surface area (Å²) in [4.78, 5) is 16.5. The van der Waals surface area contributed by atoms with Gasteiger partial charge in [-0.1, -0.05) is 18.2 Å². The van der Waals surface area contributed by atoms with Crippen molar-refractivity contribution in [1.82, 2.24) is 10.1 Å². The highest BCUT2D eigenvalue weighted by Gasteiger charge is 2.18. The number of rotatable bonds is 7. The van der Waals surface area contributed by atoms with Crippen LogP contribution in [0, 0.1) is 0 Å². The lowest BCUT2D eigenvalue weighted by Crippen LogP contribution is -2.35. The molecule has 7 nitrogen and oxygen atoms in total. The number of carbonyl (C=O) groups excluding carboxylic acids is 1. The zero-order chi connectivity index (χ0) is 18.4. The summed E-state index contributed by atoms with van der Waals surface area (Å²) in [5.41, 5.74) is 1.60. The lowest BCUT2D eigenvalue weighted by Gasteiger charge is -2.10. The van der Waals surface area contributed by atoms with Crippen LogP contribution in [0.1, 0.15) is 0 Å². The lowest BCUT2D eigenvalue weighted by atomic mass is 10.2. The van der Waals surface area contributed by atoms with Gasteiger partial charge in [0.15, 0.2) is 17.2 Å². The zero-order valence-electron chi connectivity index (χ0n) is 14.4. The number of benzene rings is 2. The number of ether oxygens (including phenoxy) is 2. The summed E-state index contributed by atoms with van der Waals surface area (Å²) >= 11 is 1.35. The molecule has 134 valence electrons. The number of carbonyl (C=O) groups is 1. The second-order valence-electron chi connectivity index (χ2n) is 5.25. The van der Waals surface area contributed by atoms with Gasteiger partial charge >= 0.3 is 5.16 Å². The fraction of sp³-hybridized carbons (Fsp3) is 0.167. The van der Waals surface area contributed by atoms with Crippen molar-refractivity contribution in [1.29, 1.82) is 0 Å².